The first kappa shape index (κ1) is 15.8. The van der Waals surface area contributed by atoms with Crippen LogP contribution in [0.1, 0.15) is 21.8 Å². The number of carbonyl (C=O) groups is 2. The molecule has 1 amide bonds. The van der Waals surface area contributed by atoms with Gasteiger partial charge in [-0.1, -0.05) is 18.2 Å². The minimum Gasteiger partial charge on any atom is -0.466 e. The number of azo groups is 1. The Morgan fingerprint density at radius 1 is 1.17 bits per heavy atom. The molecule has 7 nitrogen and oxygen atoms in total. The van der Waals surface area contributed by atoms with Crippen molar-refractivity contribution < 1.29 is 14.3 Å². The number of esters is 1. The molecule has 1 aliphatic heterocycles. The highest BCUT2D eigenvalue weighted by Gasteiger charge is 2.52. The van der Waals surface area contributed by atoms with Crippen LogP contribution in [-0.2, 0) is 9.53 Å². The summed E-state index contributed by atoms with van der Waals surface area (Å²) in [4.78, 5) is 29.0. The molecular formula is C17H16N4O3. The fourth-order valence-electron chi connectivity index (χ4n) is 2.71. The Balaban J connectivity index is 1.97. The maximum Gasteiger partial charge on any atom is 0.357 e. The molecule has 0 aliphatic carbocycles. The number of benzene rings is 1. The van der Waals surface area contributed by atoms with Crippen LogP contribution >= 0.6 is 0 Å². The minimum absolute atomic E-state index is 0.272. The van der Waals surface area contributed by atoms with Crippen LogP contribution in [0.5, 0.6) is 0 Å². The van der Waals surface area contributed by atoms with E-state index in [9.17, 15) is 9.59 Å². The molecule has 7 heteroatoms. The third-order valence-corrected chi connectivity index (χ3v) is 3.94. The van der Waals surface area contributed by atoms with Crippen LogP contribution in [0.3, 0.4) is 0 Å². The van der Waals surface area contributed by atoms with Crippen LogP contribution in [0.15, 0.2) is 65.1 Å². The summed E-state index contributed by atoms with van der Waals surface area (Å²) >= 11 is 0. The monoisotopic (exact) mass is 324 g/mol. The summed E-state index contributed by atoms with van der Waals surface area (Å²) < 4.78 is 4.90. The van der Waals surface area contributed by atoms with Crippen LogP contribution in [0, 0.1) is 0 Å². The lowest BCUT2D eigenvalue weighted by molar-refractivity contribution is -0.148. The van der Waals surface area contributed by atoms with Crippen molar-refractivity contribution >= 4 is 11.9 Å². The number of pyridine rings is 1. The molecule has 2 aromatic rings. The number of nitrogens with one attached hydrogen (secondary N) is 1. The van der Waals surface area contributed by atoms with E-state index in [1.807, 2.05) is 6.07 Å². The molecule has 2 atom stereocenters. The van der Waals surface area contributed by atoms with Gasteiger partial charge in [-0.25, -0.2) is 4.79 Å². The lowest BCUT2D eigenvalue weighted by atomic mass is 9.87. The van der Waals surface area contributed by atoms with E-state index in [-0.39, 0.29) is 6.54 Å². The van der Waals surface area contributed by atoms with Crippen molar-refractivity contribution in [2.75, 3.05) is 13.7 Å². The highest BCUT2D eigenvalue weighted by Crippen LogP contribution is 2.36. The quantitative estimate of drug-likeness (QED) is 0.870. The molecular weight excluding hydrogens is 308 g/mol. The first-order chi connectivity index (χ1) is 11.7. The number of nitrogens with zero attached hydrogens (tertiary/aromatic N) is 3. The molecule has 1 aromatic heterocycles. The first-order valence-electron chi connectivity index (χ1n) is 7.42. The van der Waals surface area contributed by atoms with E-state index in [1.54, 1.807) is 48.8 Å². The fraction of sp³-hybridized carbons (Fsp3) is 0.235. The van der Waals surface area contributed by atoms with Crippen LogP contribution < -0.4 is 5.32 Å². The second-order valence-corrected chi connectivity index (χ2v) is 5.34. The Labute approximate surface area is 138 Å². The van der Waals surface area contributed by atoms with Gasteiger partial charge in [0.05, 0.1) is 19.6 Å². The Morgan fingerprint density at radius 3 is 2.54 bits per heavy atom. The normalized spacial score (nSPS) is 22.1. The third-order valence-electron chi connectivity index (χ3n) is 3.94. The fourth-order valence-corrected chi connectivity index (χ4v) is 2.71. The highest BCUT2D eigenvalue weighted by molar-refractivity contribution is 5.98. The van der Waals surface area contributed by atoms with Crippen molar-refractivity contribution in [1.29, 1.82) is 0 Å². The van der Waals surface area contributed by atoms with Gasteiger partial charge in [-0.05, 0) is 29.8 Å². The van der Waals surface area contributed by atoms with Crippen LogP contribution in [0.2, 0.25) is 0 Å². The predicted molar refractivity (Wildman–Crippen MR) is 85.4 cm³/mol. The Bertz CT molecular complexity index is 764. The largest absolute Gasteiger partial charge is 0.466 e. The second-order valence-electron chi connectivity index (χ2n) is 5.34. The van der Waals surface area contributed by atoms with E-state index < -0.39 is 23.5 Å². The summed E-state index contributed by atoms with van der Waals surface area (Å²) in [5.74, 6) is -1.53. The second kappa shape index (κ2) is 6.57. The summed E-state index contributed by atoms with van der Waals surface area (Å²) in [6.07, 6.45) is 3.24. The van der Waals surface area contributed by atoms with Gasteiger partial charge < -0.3 is 10.1 Å². The van der Waals surface area contributed by atoms with Gasteiger partial charge in [0, 0.05) is 18.0 Å². The summed E-state index contributed by atoms with van der Waals surface area (Å²) in [6, 6.07) is 12.2. The Morgan fingerprint density at radius 2 is 1.88 bits per heavy atom. The smallest absolute Gasteiger partial charge is 0.357 e. The molecule has 0 unspecified atom stereocenters. The SMILES string of the molecule is COC(=O)[C@]1(NC(=O)c2ccccc2)N=NC[C@H]1c1ccncc1. The number of rotatable bonds is 4. The number of hydrogen-bond donors (Lipinski definition) is 1. The maximum absolute atomic E-state index is 12.6. The van der Waals surface area contributed by atoms with E-state index in [4.69, 9.17) is 4.74 Å². The lowest BCUT2D eigenvalue weighted by Gasteiger charge is -2.29. The van der Waals surface area contributed by atoms with Crippen LogP contribution in [0.25, 0.3) is 0 Å². The zero-order valence-electron chi connectivity index (χ0n) is 13.0. The molecule has 0 spiro atoms. The minimum atomic E-state index is -1.58. The number of aromatic nitrogens is 1. The maximum atomic E-state index is 12.6. The Hall–Kier alpha value is -3.09. The van der Waals surface area contributed by atoms with Crippen LogP contribution in [0.4, 0.5) is 0 Å². The molecule has 0 bridgehead atoms. The van der Waals surface area contributed by atoms with Crippen molar-refractivity contribution in [2.24, 2.45) is 10.2 Å². The van der Waals surface area contributed by atoms with Crippen molar-refractivity contribution in [1.82, 2.24) is 10.3 Å². The summed E-state index contributed by atoms with van der Waals surface area (Å²) in [5.41, 5.74) is -0.353. The van der Waals surface area contributed by atoms with E-state index >= 15 is 0 Å². The molecule has 122 valence electrons. The molecule has 1 aliphatic rings. The van der Waals surface area contributed by atoms with E-state index in [0.717, 1.165) is 5.56 Å². The van der Waals surface area contributed by atoms with E-state index in [1.165, 1.54) is 7.11 Å². The standard InChI is InChI=1S/C17H16N4O3/c1-24-16(23)17(20-15(22)13-5-3-2-4-6-13)14(11-19-21-17)12-7-9-18-10-8-12/h2-10,14H,11H2,1H3,(H,20,22)/t14-,17+/m0/s1. The van der Waals surface area contributed by atoms with Gasteiger partial charge in [-0.3, -0.25) is 9.78 Å². The summed E-state index contributed by atoms with van der Waals surface area (Å²) in [5, 5.41) is 10.8. The van der Waals surface area contributed by atoms with Gasteiger partial charge in [-0.15, -0.1) is 0 Å². The molecule has 24 heavy (non-hydrogen) atoms. The number of methoxy groups -OCH3 is 1. The Kier molecular flexibility index (Phi) is 4.33. The zero-order valence-corrected chi connectivity index (χ0v) is 13.0. The van der Waals surface area contributed by atoms with Crippen molar-refractivity contribution in [2.45, 2.75) is 11.6 Å². The average molecular weight is 324 g/mol. The molecule has 0 saturated carbocycles. The molecule has 2 heterocycles. The topological polar surface area (TPSA) is 93.0 Å². The average Bonchev–Trinajstić information content (AvgIpc) is 3.07. The predicted octanol–water partition coefficient (Wildman–Crippen LogP) is 1.93. The highest BCUT2D eigenvalue weighted by atomic mass is 16.5. The molecule has 0 saturated heterocycles. The van der Waals surface area contributed by atoms with Gasteiger partial charge in [0.1, 0.15) is 0 Å². The number of hydrogen-bond acceptors (Lipinski definition) is 6. The van der Waals surface area contributed by atoms with Gasteiger partial charge in [0.2, 0.25) is 0 Å². The molecule has 0 radical (unpaired) electrons. The van der Waals surface area contributed by atoms with Crippen molar-refractivity contribution in [3.8, 4) is 0 Å². The molecule has 3 rings (SSSR count). The van der Waals surface area contributed by atoms with E-state index in [2.05, 4.69) is 20.5 Å². The van der Waals surface area contributed by atoms with E-state index in [0.29, 0.717) is 5.56 Å². The van der Waals surface area contributed by atoms with Crippen LogP contribution in [-0.4, -0.2) is 36.2 Å². The zero-order chi connectivity index (χ0) is 17.0. The van der Waals surface area contributed by atoms with Crippen molar-refractivity contribution in [3.63, 3.8) is 0 Å². The van der Waals surface area contributed by atoms with Gasteiger partial charge in [0.15, 0.2) is 0 Å². The van der Waals surface area contributed by atoms with Crippen molar-refractivity contribution in [3.05, 3.63) is 66.0 Å². The number of ether oxygens (including phenoxy) is 1. The first-order valence-corrected chi connectivity index (χ1v) is 7.42. The number of amides is 1. The molecule has 0 fully saturated rings. The van der Waals surface area contributed by atoms with Gasteiger partial charge >= 0.3 is 5.97 Å². The third kappa shape index (κ3) is 2.76. The van der Waals surface area contributed by atoms with Gasteiger partial charge in [-0.2, -0.15) is 10.2 Å². The summed E-state index contributed by atoms with van der Waals surface area (Å²) in [6.45, 7) is 0.272. The molecule has 1 N–H and O–H groups in total. The lowest BCUT2D eigenvalue weighted by Crippen LogP contribution is -2.56. The summed E-state index contributed by atoms with van der Waals surface area (Å²) in [7, 11) is 1.26. The molecule has 1 aromatic carbocycles. The van der Waals surface area contributed by atoms with Gasteiger partial charge in [0.25, 0.3) is 11.6 Å². The number of carbonyl (C=O) groups excluding carboxylic acids is 2.